The van der Waals surface area contributed by atoms with Crippen molar-refractivity contribution in [2.24, 2.45) is 5.92 Å². The fourth-order valence-electron chi connectivity index (χ4n) is 2.20. The molecule has 0 saturated carbocycles. The molecule has 1 rings (SSSR count). The Labute approximate surface area is 92.1 Å². The lowest BCUT2D eigenvalue weighted by molar-refractivity contribution is -0.170. The summed E-state index contributed by atoms with van der Waals surface area (Å²) in [5.41, 5.74) is -0.316. The maximum atomic E-state index is 11.0. The van der Waals surface area contributed by atoms with Crippen molar-refractivity contribution in [1.29, 1.82) is 0 Å². The molecule has 0 N–H and O–H groups in total. The normalized spacial score (nSPS) is 31.7. The smallest absolute Gasteiger partial charge is 0.303 e. The number of hydrogen-bond donors (Lipinski definition) is 0. The zero-order valence-corrected chi connectivity index (χ0v) is 10.2. The molecule has 0 spiro atoms. The summed E-state index contributed by atoms with van der Waals surface area (Å²) in [5.74, 6) is 0.428. The van der Waals surface area contributed by atoms with Gasteiger partial charge in [0.25, 0.3) is 0 Å². The van der Waals surface area contributed by atoms with Crippen LogP contribution in [0, 0.1) is 5.92 Å². The van der Waals surface area contributed by atoms with E-state index in [0.29, 0.717) is 12.5 Å². The van der Waals surface area contributed by atoms with Crippen molar-refractivity contribution in [3.63, 3.8) is 0 Å². The second-order valence-corrected chi connectivity index (χ2v) is 5.12. The minimum Gasteiger partial charge on any atom is -0.459 e. The zero-order chi connectivity index (χ0) is 11.5. The maximum absolute atomic E-state index is 11.0. The molecule has 1 aliphatic rings. The van der Waals surface area contributed by atoms with Crippen LogP contribution in [0.5, 0.6) is 0 Å². The second-order valence-electron chi connectivity index (χ2n) is 5.12. The van der Waals surface area contributed by atoms with Crippen LogP contribution in [-0.4, -0.2) is 24.3 Å². The lowest BCUT2D eigenvalue weighted by atomic mass is 9.88. The minimum atomic E-state index is -0.316. The molecular formula is C12H22O3. The molecule has 0 unspecified atom stereocenters. The van der Waals surface area contributed by atoms with Gasteiger partial charge in [-0.25, -0.2) is 0 Å². The highest BCUT2D eigenvalue weighted by Crippen LogP contribution is 2.30. The molecule has 0 amide bonds. The molecule has 3 heteroatoms. The van der Waals surface area contributed by atoms with Gasteiger partial charge in [-0.15, -0.1) is 0 Å². The molecule has 2 atom stereocenters. The van der Waals surface area contributed by atoms with Crippen molar-refractivity contribution in [2.75, 3.05) is 6.61 Å². The van der Waals surface area contributed by atoms with Crippen LogP contribution in [0.3, 0.4) is 0 Å². The summed E-state index contributed by atoms with van der Waals surface area (Å²) in [4.78, 5) is 11.0. The van der Waals surface area contributed by atoms with E-state index in [9.17, 15) is 4.79 Å². The predicted molar refractivity (Wildman–Crippen MR) is 58.6 cm³/mol. The topological polar surface area (TPSA) is 35.5 Å². The summed E-state index contributed by atoms with van der Waals surface area (Å²) < 4.78 is 11.0. The van der Waals surface area contributed by atoms with Crippen molar-refractivity contribution in [3.05, 3.63) is 0 Å². The highest BCUT2D eigenvalue weighted by Gasteiger charge is 2.35. The maximum Gasteiger partial charge on any atom is 0.303 e. The van der Waals surface area contributed by atoms with Gasteiger partial charge >= 0.3 is 5.97 Å². The SMILES string of the molecule is CC(=O)O[C@@]1(C)CCO[C@@H](CC(C)C)C1. The van der Waals surface area contributed by atoms with Crippen LogP contribution >= 0.6 is 0 Å². The molecule has 1 saturated heterocycles. The standard InChI is InChI=1S/C12H22O3/c1-9(2)7-11-8-12(4,5-6-14-11)15-10(3)13/h9,11H,5-8H2,1-4H3/t11-,12-/m0/s1. The lowest BCUT2D eigenvalue weighted by Crippen LogP contribution is -2.42. The number of hydrogen-bond acceptors (Lipinski definition) is 3. The van der Waals surface area contributed by atoms with Gasteiger partial charge in [-0.2, -0.15) is 0 Å². The van der Waals surface area contributed by atoms with E-state index in [0.717, 1.165) is 19.3 Å². The minimum absolute atomic E-state index is 0.192. The number of esters is 1. The third-order valence-electron chi connectivity index (χ3n) is 2.77. The van der Waals surface area contributed by atoms with Crippen LogP contribution in [0.1, 0.15) is 47.0 Å². The Morgan fingerprint density at radius 2 is 2.27 bits per heavy atom. The average Bonchev–Trinajstić information content (AvgIpc) is 1.99. The highest BCUT2D eigenvalue weighted by atomic mass is 16.6. The summed E-state index contributed by atoms with van der Waals surface area (Å²) in [6, 6.07) is 0. The van der Waals surface area contributed by atoms with Gasteiger partial charge in [0, 0.05) is 19.8 Å². The molecule has 1 heterocycles. The second kappa shape index (κ2) is 4.97. The Balaban J connectivity index is 2.50. The van der Waals surface area contributed by atoms with Gasteiger partial charge in [0.15, 0.2) is 0 Å². The fraction of sp³-hybridized carbons (Fsp3) is 0.917. The summed E-state index contributed by atoms with van der Waals surface area (Å²) >= 11 is 0. The van der Waals surface area contributed by atoms with Crippen molar-refractivity contribution in [2.45, 2.75) is 58.7 Å². The first kappa shape index (κ1) is 12.5. The Morgan fingerprint density at radius 1 is 1.60 bits per heavy atom. The number of carbonyl (C=O) groups is 1. The number of ether oxygens (including phenoxy) is 2. The van der Waals surface area contributed by atoms with Crippen LogP contribution in [0.15, 0.2) is 0 Å². The first-order valence-corrected chi connectivity index (χ1v) is 5.72. The van der Waals surface area contributed by atoms with Crippen molar-refractivity contribution < 1.29 is 14.3 Å². The summed E-state index contributed by atoms with van der Waals surface area (Å²) in [7, 11) is 0. The highest BCUT2D eigenvalue weighted by molar-refractivity contribution is 5.66. The van der Waals surface area contributed by atoms with E-state index in [1.54, 1.807) is 0 Å². The van der Waals surface area contributed by atoms with E-state index in [-0.39, 0.29) is 17.7 Å². The largest absolute Gasteiger partial charge is 0.459 e. The molecule has 0 radical (unpaired) electrons. The summed E-state index contributed by atoms with van der Waals surface area (Å²) in [6.07, 6.45) is 2.91. The molecule has 15 heavy (non-hydrogen) atoms. The van der Waals surface area contributed by atoms with Gasteiger partial charge in [0.2, 0.25) is 0 Å². The van der Waals surface area contributed by atoms with Crippen molar-refractivity contribution >= 4 is 5.97 Å². The van der Waals surface area contributed by atoms with Crippen LogP contribution in [0.25, 0.3) is 0 Å². The van der Waals surface area contributed by atoms with Crippen molar-refractivity contribution in [1.82, 2.24) is 0 Å². The third kappa shape index (κ3) is 4.20. The van der Waals surface area contributed by atoms with E-state index in [2.05, 4.69) is 13.8 Å². The Kier molecular flexibility index (Phi) is 4.14. The van der Waals surface area contributed by atoms with Gasteiger partial charge in [0.05, 0.1) is 12.7 Å². The van der Waals surface area contributed by atoms with Crippen LogP contribution in [0.4, 0.5) is 0 Å². The van der Waals surface area contributed by atoms with Gasteiger partial charge in [-0.05, 0) is 19.3 Å². The predicted octanol–water partition coefficient (Wildman–Crippen LogP) is 2.53. The quantitative estimate of drug-likeness (QED) is 0.677. The molecule has 0 aromatic rings. The van der Waals surface area contributed by atoms with Gasteiger partial charge < -0.3 is 9.47 Å². The Morgan fingerprint density at radius 3 is 2.80 bits per heavy atom. The third-order valence-corrected chi connectivity index (χ3v) is 2.77. The number of rotatable bonds is 3. The molecule has 88 valence electrons. The average molecular weight is 214 g/mol. The summed E-state index contributed by atoms with van der Waals surface area (Å²) in [5, 5.41) is 0. The van der Waals surface area contributed by atoms with E-state index in [4.69, 9.17) is 9.47 Å². The first-order valence-electron chi connectivity index (χ1n) is 5.72. The molecule has 0 aromatic carbocycles. The molecule has 0 aliphatic carbocycles. The van der Waals surface area contributed by atoms with Crippen LogP contribution in [0.2, 0.25) is 0 Å². The van der Waals surface area contributed by atoms with Gasteiger partial charge in [0.1, 0.15) is 5.60 Å². The van der Waals surface area contributed by atoms with E-state index < -0.39 is 0 Å². The molecule has 3 nitrogen and oxygen atoms in total. The molecular weight excluding hydrogens is 192 g/mol. The number of carbonyl (C=O) groups excluding carboxylic acids is 1. The van der Waals surface area contributed by atoms with E-state index >= 15 is 0 Å². The van der Waals surface area contributed by atoms with Crippen LogP contribution < -0.4 is 0 Å². The fourth-order valence-corrected chi connectivity index (χ4v) is 2.20. The Bertz CT molecular complexity index is 225. The molecule has 1 fully saturated rings. The van der Waals surface area contributed by atoms with Crippen molar-refractivity contribution in [3.8, 4) is 0 Å². The monoisotopic (exact) mass is 214 g/mol. The van der Waals surface area contributed by atoms with Gasteiger partial charge in [-0.1, -0.05) is 13.8 Å². The lowest BCUT2D eigenvalue weighted by Gasteiger charge is -2.38. The van der Waals surface area contributed by atoms with E-state index in [1.165, 1.54) is 6.92 Å². The van der Waals surface area contributed by atoms with E-state index in [1.807, 2.05) is 6.92 Å². The van der Waals surface area contributed by atoms with Crippen LogP contribution in [-0.2, 0) is 14.3 Å². The molecule has 1 aliphatic heterocycles. The first-order chi connectivity index (χ1) is 6.91. The summed E-state index contributed by atoms with van der Waals surface area (Å²) in [6.45, 7) is 8.53. The molecule has 0 aromatic heterocycles. The van der Waals surface area contributed by atoms with Gasteiger partial charge in [-0.3, -0.25) is 4.79 Å². The molecule has 0 bridgehead atoms. The Hall–Kier alpha value is -0.570. The zero-order valence-electron chi connectivity index (χ0n) is 10.2.